The molecule has 0 saturated heterocycles. The molecular weight excluding hydrogens is 332 g/mol. The molecule has 6 heteroatoms. The molecule has 1 aromatic heterocycles. The van der Waals surface area contributed by atoms with E-state index >= 15 is 0 Å². The number of para-hydroxylation sites is 1. The molecule has 3 aromatic rings. The number of methoxy groups -OCH3 is 2. The van der Waals surface area contributed by atoms with E-state index in [1.54, 1.807) is 25.2 Å². The third-order valence-electron chi connectivity index (χ3n) is 4.22. The molecule has 26 heavy (non-hydrogen) atoms. The highest BCUT2D eigenvalue weighted by molar-refractivity contribution is 5.94. The number of fused-ring (bicyclic) bond motifs is 1. The number of hydrogen-bond acceptors (Lipinski definition) is 4. The number of carbonyl (C=O) groups is 1. The number of ether oxygens (including phenoxy) is 2. The third kappa shape index (κ3) is 3.39. The summed E-state index contributed by atoms with van der Waals surface area (Å²) in [7, 11) is 4.72. The molecule has 0 fully saturated rings. The SMILES string of the molecule is COc1ccc(C(=O)N(C)Cc2cc3ccccc3[nH]c2=O)cc1OC. The van der Waals surface area contributed by atoms with Crippen LogP contribution in [0.5, 0.6) is 11.5 Å². The van der Waals surface area contributed by atoms with E-state index in [0.717, 1.165) is 10.9 Å². The van der Waals surface area contributed by atoms with Crippen LogP contribution in [0.3, 0.4) is 0 Å². The number of amides is 1. The van der Waals surface area contributed by atoms with Crippen LogP contribution in [-0.2, 0) is 6.54 Å². The maximum atomic E-state index is 12.7. The molecule has 0 spiro atoms. The fourth-order valence-electron chi connectivity index (χ4n) is 2.83. The van der Waals surface area contributed by atoms with Crippen LogP contribution in [-0.4, -0.2) is 37.1 Å². The largest absolute Gasteiger partial charge is 0.493 e. The van der Waals surface area contributed by atoms with Crippen molar-refractivity contribution >= 4 is 16.8 Å². The average Bonchev–Trinajstić information content (AvgIpc) is 2.67. The second kappa shape index (κ2) is 7.31. The minimum atomic E-state index is -0.210. The van der Waals surface area contributed by atoms with Crippen LogP contribution in [0.2, 0.25) is 0 Å². The van der Waals surface area contributed by atoms with Crippen LogP contribution in [0.15, 0.2) is 53.3 Å². The minimum absolute atomic E-state index is 0.198. The number of carbonyl (C=O) groups excluding carboxylic acids is 1. The zero-order valence-electron chi connectivity index (χ0n) is 14.9. The maximum absolute atomic E-state index is 12.7. The van der Waals surface area contributed by atoms with Gasteiger partial charge in [-0.2, -0.15) is 0 Å². The number of nitrogens with one attached hydrogen (secondary N) is 1. The predicted molar refractivity (Wildman–Crippen MR) is 99.9 cm³/mol. The zero-order chi connectivity index (χ0) is 18.7. The standard InChI is InChI=1S/C20H20N2O4/c1-22(20(24)14-8-9-17(25-2)18(11-14)26-3)12-15-10-13-6-4-5-7-16(13)21-19(15)23/h4-11H,12H2,1-3H3,(H,21,23). The van der Waals surface area contributed by atoms with E-state index in [0.29, 0.717) is 22.6 Å². The molecule has 2 aromatic carbocycles. The Kier molecular flexibility index (Phi) is 4.93. The number of hydrogen-bond donors (Lipinski definition) is 1. The summed E-state index contributed by atoms with van der Waals surface area (Å²) in [4.78, 5) is 29.3. The van der Waals surface area contributed by atoms with E-state index in [1.165, 1.54) is 19.1 Å². The van der Waals surface area contributed by atoms with Crippen LogP contribution >= 0.6 is 0 Å². The van der Waals surface area contributed by atoms with Crippen molar-refractivity contribution in [2.45, 2.75) is 6.54 Å². The second-order valence-corrected chi connectivity index (χ2v) is 5.94. The first kappa shape index (κ1) is 17.5. The third-order valence-corrected chi connectivity index (χ3v) is 4.22. The molecule has 6 nitrogen and oxygen atoms in total. The lowest BCUT2D eigenvalue weighted by atomic mass is 10.1. The second-order valence-electron chi connectivity index (χ2n) is 5.94. The molecule has 0 aliphatic carbocycles. The molecule has 134 valence electrons. The van der Waals surface area contributed by atoms with Gasteiger partial charge in [0, 0.05) is 23.7 Å². The van der Waals surface area contributed by atoms with Gasteiger partial charge in [-0.25, -0.2) is 0 Å². The highest BCUT2D eigenvalue weighted by Crippen LogP contribution is 2.28. The van der Waals surface area contributed by atoms with Crippen molar-refractivity contribution in [3.05, 3.63) is 70.0 Å². The van der Waals surface area contributed by atoms with Gasteiger partial charge in [0.15, 0.2) is 11.5 Å². The summed E-state index contributed by atoms with van der Waals surface area (Å²) in [6.45, 7) is 0.202. The predicted octanol–water partition coefficient (Wildman–Crippen LogP) is 2.82. The van der Waals surface area contributed by atoms with Crippen LogP contribution in [0.4, 0.5) is 0 Å². The molecule has 1 N–H and O–H groups in total. The van der Waals surface area contributed by atoms with Gasteiger partial charge in [0.05, 0.1) is 20.8 Å². The fraction of sp³-hybridized carbons (Fsp3) is 0.200. The molecule has 1 heterocycles. The van der Waals surface area contributed by atoms with Crippen LogP contribution in [0, 0.1) is 0 Å². The van der Waals surface area contributed by atoms with Crippen molar-refractivity contribution in [1.29, 1.82) is 0 Å². The Labute approximate surface area is 151 Å². The highest BCUT2D eigenvalue weighted by atomic mass is 16.5. The van der Waals surface area contributed by atoms with Crippen molar-refractivity contribution in [2.24, 2.45) is 0 Å². The van der Waals surface area contributed by atoms with Crippen LogP contribution in [0.25, 0.3) is 10.9 Å². The van der Waals surface area contributed by atoms with Gasteiger partial charge >= 0.3 is 0 Å². The number of rotatable bonds is 5. The molecule has 0 aliphatic heterocycles. The number of aromatic nitrogens is 1. The Bertz CT molecular complexity index is 1010. The van der Waals surface area contributed by atoms with Gasteiger partial charge in [-0.15, -0.1) is 0 Å². The van der Waals surface area contributed by atoms with Gasteiger partial charge in [-0.3, -0.25) is 9.59 Å². The molecule has 0 atom stereocenters. The van der Waals surface area contributed by atoms with Gasteiger partial charge < -0.3 is 19.4 Å². The average molecular weight is 352 g/mol. The Morgan fingerprint density at radius 1 is 1.04 bits per heavy atom. The first-order valence-electron chi connectivity index (χ1n) is 8.12. The fourth-order valence-corrected chi connectivity index (χ4v) is 2.83. The highest BCUT2D eigenvalue weighted by Gasteiger charge is 2.16. The van der Waals surface area contributed by atoms with Gasteiger partial charge in [0.2, 0.25) is 0 Å². The molecule has 0 radical (unpaired) electrons. The number of pyridine rings is 1. The topological polar surface area (TPSA) is 71.6 Å². The van der Waals surface area contributed by atoms with Crippen molar-refractivity contribution in [1.82, 2.24) is 9.88 Å². The monoisotopic (exact) mass is 352 g/mol. The normalized spacial score (nSPS) is 10.6. The molecule has 3 rings (SSSR count). The van der Waals surface area contributed by atoms with Crippen molar-refractivity contribution < 1.29 is 14.3 Å². The van der Waals surface area contributed by atoms with E-state index in [1.807, 2.05) is 30.3 Å². The quantitative estimate of drug-likeness (QED) is 0.766. The minimum Gasteiger partial charge on any atom is -0.493 e. The van der Waals surface area contributed by atoms with Crippen LogP contribution < -0.4 is 15.0 Å². The van der Waals surface area contributed by atoms with Gasteiger partial charge in [-0.1, -0.05) is 18.2 Å². The first-order chi connectivity index (χ1) is 12.5. The lowest BCUT2D eigenvalue weighted by Crippen LogP contribution is -2.29. The van der Waals surface area contributed by atoms with Crippen molar-refractivity contribution in [3.8, 4) is 11.5 Å². The van der Waals surface area contributed by atoms with E-state index in [-0.39, 0.29) is 18.0 Å². The molecule has 0 aliphatic rings. The lowest BCUT2D eigenvalue weighted by molar-refractivity contribution is 0.0784. The van der Waals surface area contributed by atoms with Crippen molar-refractivity contribution in [3.63, 3.8) is 0 Å². The summed E-state index contributed by atoms with van der Waals surface area (Å²) in [6.07, 6.45) is 0. The summed E-state index contributed by atoms with van der Waals surface area (Å²) in [5.41, 5.74) is 1.56. The summed E-state index contributed by atoms with van der Waals surface area (Å²) in [5.74, 6) is 0.825. The molecular formula is C20H20N2O4. The van der Waals surface area contributed by atoms with E-state index in [2.05, 4.69) is 4.98 Å². The van der Waals surface area contributed by atoms with Crippen molar-refractivity contribution in [2.75, 3.05) is 21.3 Å². The molecule has 1 amide bonds. The van der Waals surface area contributed by atoms with Gasteiger partial charge in [-0.05, 0) is 35.7 Å². The van der Waals surface area contributed by atoms with E-state index in [9.17, 15) is 9.59 Å². The Morgan fingerprint density at radius 2 is 1.77 bits per heavy atom. The Balaban J connectivity index is 1.86. The summed E-state index contributed by atoms with van der Waals surface area (Å²) >= 11 is 0. The number of aromatic amines is 1. The summed E-state index contributed by atoms with van der Waals surface area (Å²) in [5, 5.41) is 0.925. The van der Waals surface area contributed by atoms with Crippen LogP contribution in [0.1, 0.15) is 15.9 Å². The number of H-pyrrole nitrogens is 1. The molecule has 0 bridgehead atoms. The Morgan fingerprint density at radius 3 is 2.50 bits per heavy atom. The van der Waals surface area contributed by atoms with E-state index in [4.69, 9.17) is 9.47 Å². The van der Waals surface area contributed by atoms with Gasteiger partial charge in [0.25, 0.3) is 11.5 Å². The number of benzene rings is 2. The molecule has 0 saturated carbocycles. The van der Waals surface area contributed by atoms with Gasteiger partial charge in [0.1, 0.15) is 0 Å². The van der Waals surface area contributed by atoms with E-state index < -0.39 is 0 Å². The summed E-state index contributed by atoms with van der Waals surface area (Å²) < 4.78 is 10.4. The maximum Gasteiger partial charge on any atom is 0.254 e. The Hall–Kier alpha value is -3.28. The number of nitrogens with zero attached hydrogens (tertiary/aromatic N) is 1. The smallest absolute Gasteiger partial charge is 0.254 e. The molecule has 0 unspecified atom stereocenters. The first-order valence-corrected chi connectivity index (χ1v) is 8.12. The lowest BCUT2D eigenvalue weighted by Gasteiger charge is -2.18. The zero-order valence-corrected chi connectivity index (χ0v) is 14.9. The summed E-state index contributed by atoms with van der Waals surface area (Å²) in [6, 6.07) is 14.3.